The third-order valence-corrected chi connectivity index (χ3v) is 7.81. The molecule has 5 aromatic heterocycles. The normalized spacial score (nSPS) is 13.0. The van der Waals surface area contributed by atoms with Crippen molar-refractivity contribution >= 4 is 76.5 Å². The van der Waals surface area contributed by atoms with Gasteiger partial charge in [-0.15, -0.1) is 0 Å². The maximum Gasteiger partial charge on any atom is 0.295 e. The van der Waals surface area contributed by atoms with E-state index in [4.69, 9.17) is 0 Å². The first kappa shape index (κ1) is 16.3. The van der Waals surface area contributed by atoms with Crippen LogP contribution >= 0.6 is 0 Å². The lowest BCUT2D eigenvalue weighted by Gasteiger charge is -2.02. The van der Waals surface area contributed by atoms with Crippen molar-refractivity contribution in [2.24, 2.45) is 7.05 Å². The monoisotopic (exact) mass is 420 g/mol. The molecule has 0 bridgehead atoms. The number of hydrogen-bond donors (Lipinski definition) is 0. The average Bonchev–Trinajstić information content (AvgIpc) is 3.57. The van der Waals surface area contributed by atoms with E-state index in [1.54, 1.807) is 0 Å². The van der Waals surface area contributed by atoms with Gasteiger partial charge in [0.2, 0.25) is 0 Å². The van der Waals surface area contributed by atoms with Gasteiger partial charge >= 0.3 is 0 Å². The van der Waals surface area contributed by atoms with Crippen molar-refractivity contribution in [2.75, 3.05) is 0 Å². The third-order valence-electron chi connectivity index (χ3n) is 7.81. The van der Waals surface area contributed by atoms with E-state index >= 15 is 0 Å². The SMILES string of the molecule is C[n+]1c2c3cccc4c5ccccc5n(c2cc2c5cccc6c7ccccc7n(c65)c21)c43. The van der Waals surface area contributed by atoms with Gasteiger partial charge in [0.1, 0.15) is 11.0 Å². The Morgan fingerprint density at radius 3 is 1.70 bits per heavy atom. The van der Waals surface area contributed by atoms with Crippen molar-refractivity contribution in [3.63, 3.8) is 0 Å². The van der Waals surface area contributed by atoms with E-state index < -0.39 is 0 Å². The summed E-state index contributed by atoms with van der Waals surface area (Å²) >= 11 is 0. The van der Waals surface area contributed by atoms with Gasteiger partial charge in [0.05, 0.1) is 29.0 Å². The second kappa shape index (κ2) is 5.16. The lowest BCUT2D eigenvalue weighted by Crippen LogP contribution is -2.31. The summed E-state index contributed by atoms with van der Waals surface area (Å²) in [6, 6.07) is 33.5. The molecule has 0 saturated heterocycles. The van der Waals surface area contributed by atoms with Crippen molar-refractivity contribution in [2.45, 2.75) is 0 Å². The molecule has 3 nitrogen and oxygen atoms in total. The fraction of sp³-hybridized carbons (Fsp3) is 0.0333. The van der Waals surface area contributed by atoms with Crippen LogP contribution in [0.3, 0.4) is 0 Å². The topological polar surface area (TPSA) is 12.7 Å². The number of aromatic nitrogens is 3. The third kappa shape index (κ3) is 1.63. The van der Waals surface area contributed by atoms with E-state index in [0.717, 1.165) is 0 Å². The summed E-state index contributed by atoms with van der Waals surface area (Å²) in [4.78, 5) is 0. The molecule has 0 aliphatic carbocycles. The molecule has 33 heavy (non-hydrogen) atoms. The highest BCUT2D eigenvalue weighted by Crippen LogP contribution is 2.42. The van der Waals surface area contributed by atoms with Gasteiger partial charge in [0, 0.05) is 32.3 Å². The van der Waals surface area contributed by atoms with E-state index in [1.165, 1.54) is 76.5 Å². The maximum atomic E-state index is 2.47. The highest BCUT2D eigenvalue weighted by Gasteiger charge is 2.29. The standard InChI is InChI=1S/C30H18N3/c1-31-29-22-13-7-11-20-17-8-2-4-14-24(17)32(28(20)22)26(29)16-23-21-12-6-10-19-18-9-3-5-15-25(18)33(27(19)21)30(23)31/h2-16H,1H3/q+1. The van der Waals surface area contributed by atoms with Crippen molar-refractivity contribution in [1.82, 2.24) is 8.80 Å². The smallest absolute Gasteiger partial charge is 0.295 e. The van der Waals surface area contributed by atoms with Gasteiger partial charge in [-0.25, -0.2) is 4.57 Å². The number of pyridine rings is 1. The summed E-state index contributed by atoms with van der Waals surface area (Å²) in [7, 11) is 2.23. The Morgan fingerprint density at radius 1 is 0.485 bits per heavy atom. The van der Waals surface area contributed by atoms with Crippen molar-refractivity contribution in [3.05, 3.63) is 91.0 Å². The zero-order chi connectivity index (χ0) is 21.4. The first-order chi connectivity index (χ1) is 16.3. The lowest BCUT2D eigenvalue weighted by atomic mass is 10.1. The minimum atomic E-state index is 1.26. The number of rotatable bonds is 0. The Balaban J connectivity index is 1.67. The summed E-state index contributed by atoms with van der Waals surface area (Å²) < 4.78 is 7.37. The Bertz CT molecular complexity index is 2240. The molecule has 9 rings (SSSR count). The fourth-order valence-electron chi connectivity index (χ4n) is 6.60. The molecule has 9 aromatic rings. The fourth-order valence-corrected chi connectivity index (χ4v) is 6.60. The predicted octanol–water partition coefficient (Wildman–Crippen LogP) is 6.81. The molecule has 0 radical (unpaired) electrons. The molecule has 4 aromatic carbocycles. The van der Waals surface area contributed by atoms with Crippen LogP contribution in [0.25, 0.3) is 76.5 Å². The highest BCUT2D eigenvalue weighted by atomic mass is 15.1. The molecule has 0 spiro atoms. The molecule has 0 amide bonds. The van der Waals surface area contributed by atoms with E-state index in [1.807, 2.05) is 0 Å². The molecule has 0 unspecified atom stereocenters. The van der Waals surface area contributed by atoms with E-state index in [-0.39, 0.29) is 0 Å². The van der Waals surface area contributed by atoms with Crippen LogP contribution in [0.5, 0.6) is 0 Å². The minimum Gasteiger partial charge on any atom is -0.305 e. The van der Waals surface area contributed by atoms with Crippen molar-refractivity contribution in [1.29, 1.82) is 0 Å². The number of nitrogens with zero attached hydrogens (tertiary/aromatic N) is 3. The molecular formula is C30H18N3+. The Hall–Kier alpha value is -4.37. The highest BCUT2D eigenvalue weighted by molar-refractivity contribution is 6.25. The molecule has 0 atom stereocenters. The molecule has 0 N–H and O–H groups in total. The predicted molar refractivity (Wildman–Crippen MR) is 137 cm³/mol. The molecule has 0 aliphatic rings. The van der Waals surface area contributed by atoms with Gasteiger partial charge in [0.15, 0.2) is 5.52 Å². The van der Waals surface area contributed by atoms with E-state index in [9.17, 15) is 0 Å². The molecule has 5 heterocycles. The van der Waals surface area contributed by atoms with E-state index in [2.05, 4.69) is 111 Å². The Kier molecular flexibility index (Phi) is 2.55. The number of benzene rings is 4. The molecule has 0 saturated carbocycles. The number of fused-ring (bicyclic) bond motifs is 12. The Morgan fingerprint density at radius 2 is 1.00 bits per heavy atom. The van der Waals surface area contributed by atoms with Crippen LogP contribution in [0.4, 0.5) is 0 Å². The summed E-state index contributed by atoms with van der Waals surface area (Å²) in [5.74, 6) is 0. The van der Waals surface area contributed by atoms with Gasteiger partial charge in [-0.1, -0.05) is 48.5 Å². The zero-order valence-corrected chi connectivity index (χ0v) is 18.0. The average molecular weight is 420 g/mol. The van der Waals surface area contributed by atoms with Gasteiger partial charge in [-0.2, -0.15) is 4.40 Å². The second-order valence-corrected chi connectivity index (χ2v) is 9.28. The summed E-state index contributed by atoms with van der Waals surface area (Å²) in [6.45, 7) is 0. The molecule has 0 aliphatic heterocycles. The minimum absolute atomic E-state index is 1.26. The van der Waals surface area contributed by atoms with Gasteiger partial charge in [-0.3, -0.25) is 0 Å². The van der Waals surface area contributed by atoms with Gasteiger partial charge in [0.25, 0.3) is 5.65 Å². The van der Waals surface area contributed by atoms with Crippen LogP contribution in [0.2, 0.25) is 0 Å². The summed E-state index contributed by atoms with van der Waals surface area (Å²) in [5, 5.41) is 9.24. The van der Waals surface area contributed by atoms with Crippen molar-refractivity contribution < 1.29 is 4.57 Å². The van der Waals surface area contributed by atoms with Crippen LogP contribution in [-0.2, 0) is 7.05 Å². The zero-order valence-electron chi connectivity index (χ0n) is 18.0. The molecule has 0 fully saturated rings. The maximum absolute atomic E-state index is 2.47. The van der Waals surface area contributed by atoms with Crippen LogP contribution in [-0.4, -0.2) is 8.80 Å². The molecule has 152 valence electrons. The van der Waals surface area contributed by atoms with Crippen LogP contribution in [0.1, 0.15) is 0 Å². The van der Waals surface area contributed by atoms with Crippen LogP contribution < -0.4 is 4.57 Å². The quantitative estimate of drug-likeness (QED) is 0.239. The summed E-state index contributed by atoms with van der Waals surface area (Å²) in [6.07, 6.45) is 0. The summed E-state index contributed by atoms with van der Waals surface area (Å²) in [5.41, 5.74) is 9.02. The second-order valence-electron chi connectivity index (χ2n) is 9.28. The molecular weight excluding hydrogens is 402 g/mol. The number of hydrogen-bond acceptors (Lipinski definition) is 0. The van der Waals surface area contributed by atoms with Gasteiger partial charge in [-0.05, 0) is 42.5 Å². The molecule has 3 heteroatoms. The first-order valence-corrected chi connectivity index (χ1v) is 11.5. The first-order valence-electron chi connectivity index (χ1n) is 11.5. The van der Waals surface area contributed by atoms with Crippen LogP contribution in [0.15, 0.2) is 91.0 Å². The van der Waals surface area contributed by atoms with E-state index in [0.29, 0.717) is 0 Å². The lowest BCUT2D eigenvalue weighted by molar-refractivity contribution is -0.619. The number of para-hydroxylation sites is 4. The largest absolute Gasteiger partial charge is 0.305 e. The Labute approximate surface area is 188 Å². The van der Waals surface area contributed by atoms with Crippen LogP contribution in [0, 0.1) is 0 Å². The van der Waals surface area contributed by atoms with Crippen molar-refractivity contribution in [3.8, 4) is 0 Å². The van der Waals surface area contributed by atoms with Gasteiger partial charge < -0.3 is 4.40 Å². The number of aryl methyl sites for hydroxylation is 1.